The molecule has 0 aliphatic heterocycles. The van der Waals surface area contributed by atoms with Gasteiger partial charge in [-0.1, -0.05) is 30.3 Å². The largest absolute Gasteiger partial charge is 0.349 e. The molecule has 1 N–H and O–H groups in total. The monoisotopic (exact) mass is 337 g/mol. The van der Waals surface area contributed by atoms with Crippen LogP contribution in [0, 0.1) is 0 Å². The zero-order valence-electron chi connectivity index (χ0n) is 14.6. The van der Waals surface area contributed by atoms with E-state index in [1.807, 2.05) is 44.2 Å². The Morgan fingerprint density at radius 1 is 1.16 bits per heavy atom. The maximum absolute atomic E-state index is 13.0. The lowest BCUT2D eigenvalue weighted by Gasteiger charge is -2.27. The number of nitrogens with zero attached hydrogens (tertiary/aromatic N) is 2. The molecule has 1 fully saturated rings. The van der Waals surface area contributed by atoms with Gasteiger partial charge in [0.05, 0.1) is 11.1 Å². The van der Waals surface area contributed by atoms with Crippen molar-refractivity contribution in [3.05, 3.63) is 65.5 Å². The van der Waals surface area contributed by atoms with Crippen LogP contribution in [-0.4, -0.2) is 33.8 Å². The summed E-state index contributed by atoms with van der Waals surface area (Å²) in [5.74, 6) is -0.281. The summed E-state index contributed by atoms with van der Waals surface area (Å²) >= 11 is 0. The first kappa shape index (κ1) is 17.1. The maximum atomic E-state index is 13.0. The number of hydrogen-bond acceptors (Lipinski definition) is 3. The first-order chi connectivity index (χ1) is 12.0. The van der Waals surface area contributed by atoms with Crippen LogP contribution in [0.2, 0.25) is 0 Å². The van der Waals surface area contributed by atoms with Crippen molar-refractivity contribution in [3.63, 3.8) is 0 Å². The molecule has 2 amide bonds. The van der Waals surface area contributed by atoms with Crippen molar-refractivity contribution < 1.29 is 9.59 Å². The van der Waals surface area contributed by atoms with Crippen LogP contribution in [0.15, 0.2) is 48.8 Å². The van der Waals surface area contributed by atoms with Crippen molar-refractivity contribution in [2.24, 2.45) is 0 Å². The first-order valence-electron chi connectivity index (χ1n) is 8.65. The molecule has 5 nitrogen and oxygen atoms in total. The Morgan fingerprint density at radius 3 is 2.48 bits per heavy atom. The molecule has 0 atom stereocenters. The van der Waals surface area contributed by atoms with E-state index in [9.17, 15) is 9.59 Å². The number of nitrogens with one attached hydrogen (secondary N) is 1. The van der Waals surface area contributed by atoms with Gasteiger partial charge < -0.3 is 10.2 Å². The number of carbonyl (C=O) groups excluding carboxylic acids is 2. The van der Waals surface area contributed by atoms with Crippen molar-refractivity contribution in [2.75, 3.05) is 0 Å². The Kier molecular flexibility index (Phi) is 5.12. The molecule has 1 heterocycles. The number of carbonyl (C=O) groups is 2. The van der Waals surface area contributed by atoms with Crippen molar-refractivity contribution in [1.82, 2.24) is 15.2 Å². The minimum Gasteiger partial charge on any atom is -0.349 e. The number of amides is 2. The molecule has 1 aromatic carbocycles. The molecule has 0 unspecified atom stereocenters. The summed E-state index contributed by atoms with van der Waals surface area (Å²) in [5, 5.41) is 2.92. The summed E-state index contributed by atoms with van der Waals surface area (Å²) < 4.78 is 0. The van der Waals surface area contributed by atoms with Gasteiger partial charge in [0, 0.05) is 31.0 Å². The zero-order valence-corrected chi connectivity index (χ0v) is 14.6. The van der Waals surface area contributed by atoms with Crippen molar-refractivity contribution in [3.8, 4) is 0 Å². The lowest BCUT2D eigenvalue weighted by molar-refractivity contribution is 0.0690. The summed E-state index contributed by atoms with van der Waals surface area (Å²) in [4.78, 5) is 31.0. The Labute approximate surface area is 148 Å². The van der Waals surface area contributed by atoms with Gasteiger partial charge in [0.25, 0.3) is 11.8 Å². The second-order valence-corrected chi connectivity index (χ2v) is 6.72. The van der Waals surface area contributed by atoms with Gasteiger partial charge in [-0.2, -0.15) is 0 Å². The average Bonchev–Trinajstić information content (AvgIpc) is 3.44. The average molecular weight is 337 g/mol. The second kappa shape index (κ2) is 7.47. The van der Waals surface area contributed by atoms with E-state index in [1.54, 1.807) is 11.0 Å². The molecule has 0 spiro atoms. The summed E-state index contributed by atoms with van der Waals surface area (Å²) in [5.41, 5.74) is 1.94. The van der Waals surface area contributed by atoms with Gasteiger partial charge in [0.1, 0.15) is 0 Å². The van der Waals surface area contributed by atoms with Gasteiger partial charge in [-0.25, -0.2) is 0 Å². The normalized spacial score (nSPS) is 13.6. The van der Waals surface area contributed by atoms with E-state index in [0.29, 0.717) is 17.7 Å². The van der Waals surface area contributed by atoms with Gasteiger partial charge in [-0.3, -0.25) is 14.6 Å². The van der Waals surface area contributed by atoms with Gasteiger partial charge >= 0.3 is 0 Å². The van der Waals surface area contributed by atoms with E-state index < -0.39 is 0 Å². The highest BCUT2D eigenvalue weighted by Crippen LogP contribution is 2.19. The van der Waals surface area contributed by atoms with Crippen LogP contribution in [0.4, 0.5) is 0 Å². The predicted molar refractivity (Wildman–Crippen MR) is 96.2 cm³/mol. The minimum absolute atomic E-state index is 0.0386. The van der Waals surface area contributed by atoms with E-state index in [4.69, 9.17) is 0 Å². The smallest absolute Gasteiger partial charge is 0.255 e. The molecule has 1 aliphatic rings. The SMILES string of the molecule is CC(C)N(Cc1ccccc1)C(=O)c1cncc(C(=O)NC2CC2)c1. The molecule has 25 heavy (non-hydrogen) atoms. The molecule has 0 saturated heterocycles. The second-order valence-electron chi connectivity index (χ2n) is 6.72. The third-order valence-electron chi connectivity index (χ3n) is 4.24. The molecule has 3 rings (SSSR count). The fourth-order valence-corrected chi connectivity index (χ4v) is 2.61. The molecule has 0 bridgehead atoms. The molecule has 5 heteroatoms. The minimum atomic E-state index is -0.163. The maximum Gasteiger partial charge on any atom is 0.255 e. The Balaban J connectivity index is 1.78. The summed E-state index contributed by atoms with van der Waals surface area (Å²) in [7, 11) is 0. The topological polar surface area (TPSA) is 62.3 Å². The van der Waals surface area contributed by atoms with Gasteiger partial charge in [-0.15, -0.1) is 0 Å². The highest BCUT2D eigenvalue weighted by Gasteiger charge is 2.25. The van der Waals surface area contributed by atoms with E-state index in [-0.39, 0.29) is 23.9 Å². The molecular formula is C20H23N3O2. The van der Waals surface area contributed by atoms with Crippen LogP contribution in [0.1, 0.15) is 53.0 Å². The van der Waals surface area contributed by atoms with Crippen molar-refractivity contribution >= 4 is 11.8 Å². The van der Waals surface area contributed by atoms with Crippen LogP contribution >= 0.6 is 0 Å². The van der Waals surface area contributed by atoms with Gasteiger partial charge in [0.2, 0.25) is 0 Å². The van der Waals surface area contributed by atoms with E-state index >= 15 is 0 Å². The molecule has 0 radical (unpaired) electrons. The van der Waals surface area contributed by atoms with Crippen LogP contribution in [-0.2, 0) is 6.54 Å². The van der Waals surface area contributed by atoms with E-state index in [0.717, 1.165) is 18.4 Å². The third-order valence-corrected chi connectivity index (χ3v) is 4.24. The van der Waals surface area contributed by atoms with Gasteiger partial charge in [0.15, 0.2) is 0 Å². The molecule has 2 aromatic rings. The highest BCUT2D eigenvalue weighted by molar-refractivity contribution is 5.99. The quantitative estimate of drug-likeness (QED) is 0.881. The Morgan fingerprint density at radius 2 is 1.84 bits per heavy atom. The number of pyridine rings is 1. The highest BCUT2D eigenvalue weighted by atomic mass is 16.2. The standard InChI is InChI=1S/C20H23N3O2/c1-14(2)23(13-15-6-4-3-5-7-15)20(25)17-10-16(11-21-12-17)19(24)22-18-8-9-18/h3-7,10-12,14,18H,8-9,13H2,1-2H3,(H,22,24). The first-order valence-corrected chi connectivity index (χ1v) is 8.65. The zero-order chi connectivity index (χ0) is 17.8. The van der Waals surface area contributed by atoms with Crippen molar-refractivity contribution in [2.45, 2.75) is 45.3 Å². The van der Waals surface area contributed by atoms with Crippen LogP contribution in [0.3, 0.4) is 0 Å². The summed E-state index contributed by atoms with van der Waals surface area (Å²) in [6, 6.07) is 11.8. The fourth-order valence-electron chi connectivity index (χ4n) is 2.61. The number of rotatable bonds is 6. The lowest BCUT2D eigenvalue weighted by atomic mass is 10.1. The summed E-state index contributed by atoms with van der Waals surface area (Å²) in [6.45, 7) is 4.49. The van der Waals surface area contributed by atoms with Crippen LogP contribution in [0.25, 0.3) is 0 Å². The molecule has 130 valence electrons. The predicted octanol–water partition coefficient (Wildman–Crippen LogP) is 3.02. The molecule has 1 aliphatic carbocycles. The van der Waals surface area contributed by atoms with Crippen LogP contribution < -0.4 is 5.32 Å². The Bertz CT molecular complexity index is 755. The Hall–Kier alpha value is -2.69. The van der Waals surface area contributed by atoms with Crippen molar-refractivity contribution in [1.29, 1.82) is 0 Å². The molecule has 1 aromatic heterocycles. The molecule has 1 saturated carbocycles. The number of benzene rings is 1. The number of hydrogen-bond donors (Lipinski definition) is 1. The molecular weight excluding hydrogens is 314 g/mol. The fraction of sp³-hybridized carbons (Fsp3) is 0.350. The van der Waals surface area contributed by atoms with E-state index in [2.05, 4.69) is 10.3 Å². The number of aromatic nitrogens is 1. The lowest BCUT2D eigenvalue weighted by Crippen LogP contribution is -2.36. The third kappa shape index (κ3) is 4.44. The van der Waals surface area contributed by atoms with E-state index in [1.165, 1.54) is 12.4 Å². The summed E-state index contributed by atoms with van der Waals surface area (Å²) in [6.07, 6.45) is 5.08. The van der Waals surface area contributed by atoms with Crippen LogP contribution in [0.5, 0.6) is 0 Å². The van der Waals surface area contributed by atoms with Gasteiger partial charge in [-0.05, 0) is 38.3 Å².